The molecule has 2 nitrogen and oxygen atoms in total. The number of benzene rings is 1. The molecular weight excluding hydrogens is 193 g/mol. The molecule has 1 rings (SSSR count). The molecule has 0 radical (unpaired) electrons. The maximum absolute atomic E-state index is 12.8. The first kappa shape index (κ1) is 10.4. The lowest BCUT2D eigenvalue weighted by Crippen LogP contribution is -2.19. The fourth-order valence-corrected chi connectivity index (χ4v) is 1.28. The normalized spacial score (nSPS) is 12.9. The van der Waals surface area contributed by atoms with Crippen LogP contribution in [-0.2, 0) is 0 Å². The second kappa shape index (κ2) is 4.56. The van der Waals surface area contributed by atoms with Crippen molar-refractivity contribution in [1.29, 1.82) is 0 Å². The number of hydrogen-bond acceptors (Lipinski definition) is 2. The summed E-state index contributed by atoms with van der Waals surface area (Å²) in [6, 6.07) is 4.20. The van der Waals surface area contributed by atoms with Crippen molar-refractivity contribution >= 4 is 11.6 Å². The lowest BCUT2D eigenvalue weighted by molar-refractivity contribution is 0.251. The Morgan fingerprint density at radius 1 is 1.62 bits per heavy atom. The zero-order valence-electron chi connectivity index (χ0n) is 7.22. The number of hydrogen-bond donors (Lipinski definition) is 2. The van der Waals surface area contributed by atoms with Crippen molar-refractivity contribution in [2.24, 2.45) is 0 Å². The summed E-state index contributed by atoms with van der Waals surface area (Å²) in [4.78, 5) is 0. The largest absolute Gasteiger partial charge is 0.394 e. The molecule has 0 aliphatic heterocycles. The summed E-state index contributed by atoms with van der Waals surface area (Å²) < 4.78 is 12.8. The van der Waals surface area contributed by atoms with E-state index < -0.39 is 5.82 Å². The molecule has 1 aromatic rings. The summed E-state index contributed by atoms with van der Waals surface area (Å²) in [5.41, 5.74) is 0.774. The number of rotatable bonds is 3. The standard InChI is InChI=1S/C9H11ClFNO/c1-12-9(5-13)6-2-3-8(11)7(10)4-6/h2-4,9,12-13H,5H2,1H3/t9-/m1/s1. The first-order valence-corrected chi connectivity index (χ1v) is 4.30. The third kappa shape index (κ3) is 2.40. The van der Waals surface area contributed by atoms with Crippen LogP contribution in [0.3, 0.4) is 0 Å². The van der Waals surface area contributed by atoms with Crippen LogP contribution in [0.5, 0.6) is 0 Å². The van der Waals surface area contributed by atoms with Crippen LogP contribution in [-0.4, -0.2) is 18.8 Å². The molecule has 0 aliphatic carbocycles. The van der Waals surface area contributed by atoms with Gasteiger partial charge in [0.1, 0.15) is 5.82 Å². The molecular formula is C9H11ClFNO. The average Bonchev–Trinajstić information content (AvgIpc) is 2.13. The van der Waals surface area contributed by atoms with E-state index in [9.17, 15) is 4.39 Å². The molecule has 13 heavy (non-hydrogen) atoms. The SMILES string of the molecule is CN[C@H](CO)c1ccc(F)c(Cl)c1. The molecule has 72 valence electrons. The first-order valence-electron chi connectivity index (χ1n) is 3.92. The zero-order chi connectivity index (χ0) is 9.84. The Morgan fingerprint density at radius 2 is 2.31 bits per heavy atom. The van der Waals surface area contributed by atoms with Crippen LogP contribution in [0, 0.1) is 5.82 Å². The van der Waals surface area contributed by atoms with Crippen molar-refractivity contribution in [3.63, 3.8) is 0 Å². The number of likely N-dealkylation sites (N-methyl/N-ethyl adjacent to an activating group) is 1. The predicted octanol–water partition coefficient (Wildman–Crippen LogP) is 1.73. The molecule has 0 aliphatic rings. The molecule has 1 aromatic carbocycles. The van der Waals surface area contributed by atoms with E-state index in [0.29, 0.717) is 0 Å². The van der Waals surface area contributed by atoms with E-state index in [0.717, 1.165) is 5.56 Å². The van der Waals surface area contributed by atoms with Gasteiger partial charge in [-0.05, 0) is 24.7 Å². The van der Waals surface area contributed by atoms with Crippen LogP contribution in [0.25, 0.3) is 0 Å². The highest BCUT2D eigenvalue weighted by atomic mass is 35.5. The summed E-state index contributed by atoms with van der Waals surface area (Å²) in [6.45, 7) is -0.0432. The Balaban J connectivity index is 2.95. The summed E-state index contributed by atoms with van der Waals surface area (Å²) in [6.07, 6.45) is 0. The van der Waals surface area contributed by atoms with E-state index in [-0.39, 0.29) is 17.7 Å². The molecule has 0 fully saturated rings. The van der Waals surface area contributed by atoms with Crippen LogP contribution < -0.4 is 5.32 Å². The van der Waals surface area contributed by atoms with Crippen molar-refractivity contribution in [2.45, 2.75) is 6.04 Å². The first-order chi connectivity index (χ1) is 6.19. The van der Waals surface area contributed by atoms with E-state index in [4.69, 9.17) is 16.7 Å². The second-order valence-electron chi connectivity index (χ2n) is 2.70. The summed E-state index contributed by atoms with van der Waals surface area (Å²) in [5, 5.41) is 11.9. The van der Waals surface area contributed by atoms with Gasteiger partial charge in [-0.1, -0.05) is 17.7 Å². The monoisotopic (exact) mass is 203 g/mol. The van der Waals surface area contributed by atoms with Gasteiger partial charge in [0.25, 0.3) is 0 Å². The molecule has 0 saturated carbocycles. The lowest BCUT2D eigenvalue weighted by atomic mass is 10.1. The smallest absolute Gasteiger partial charge is 0.141 e. The number of nitrogens with one attached hydrogen (secondary N) is 1. The number of halogens is 2. The average molecular weight is 204 g/mol. The predicted molar refractivity (Wildman–Crippen MR) is 50.3 cm³/mol. The maximum Gasteiger partial charge on any atom is 0.141 e. The summed E-state index contributed by atoms with van der Waals surface area (Å²) in [5.74, 6) is -0.446. The third-order valence-electron chi connectivity index (χ3n) is 1.88. The van der Waals surface area contributed by atoms with E-state index >= 15 is 0 Å². The van der Waals surface area contributed by atoms with E-state index in [1.807, 2.05) is 0 Å². The molecule has 0 unspecified atom stereocenters. The molecule has 0 spiro atoms. The van der Waals surface area contributed by atoms with Gasteiger partial charge in [-0.25, -0.2) is 4.39 Å². The highest BCUT2D eigenvalue weighted by Crippen LogP contribution is 2.20. The van der Waals surface area contributed by atoms with Crippen LogP contribution in [0.1, 0.15) is 11.6 Å². The lowest BCUT2D eigenvalue weighted by Gasteiger charge is -2.13. The van der Waals surface area contributed by atoms with Crippen LogP contribution in [0.2, 0.25) is 5.02 Å². The topological polar surface area (TPSA) is 32.3 Å². The molecule has 0 saturated heterocycles. The summed E-state index contributed by atoms with van der Waals surface area (Å²) >= 11 is 5.59. The molecule has 4 heteroatoms. The van der Waals surface area contributed by atoms with Gasteiger partial charge < -0.3 is 10.4 Å². The molecule has 0 bridgehead atoms. The summed E-state index contributed by atoms with van der Waals surface area (Å²) in [7, 11) is 1.72. The van der Waals surface area contributed by atoms with Crippen molar-refractivity contribution in [2.75, 3.05) is 13.7 Å². The van der Waals surface area contributed by atoms with Gasteiger partial charge in [0.2, 0.25) is 0 Å². The Bertz CT molecular complexity index is 289. The zero-order valence-corrected chi connectivity index (χ0v) is 7.98. The molecule has 0 heterocycles. The van der Waals surface area contributed by atoms with Crippen molar-refractivity contribution in [1.82, 2.24) is 5.32 Å². The fraction of sp³-hybridized carbons (Fsp3) is 0.333. The minimum Gasteiger partial charge on any atom is -0.394 e. The minimum absolute atomic E-state index is 0.0432. The second-order valence-corrected chi connectivity index (χ2v) is 3.10. The van der Waals surface area contributed by atoms with E-state index in [1.54, 1.807) is 13.1 Å². The van der Waals surface area contributed by atoms with Gasteiger partial charge in [-0.3, -0.25) is 0 Å². The minimum atomic E-state index is -0.446. The van der Waals surface area contributed by atoms with Crippen molar-refractivity contribution in [3.05, 3.63) is 34.6 Å². The van der Waals surface area contributed by atoms with Crippen molar-refractivity contribution in [3.8, 4) is 0 Å². The van der Waals surface area contributed by atoms with Gasteiger partial charge in [0.05, 0.1) is 17.7 Å². The maximum atomic E-state index is 12.8. The van der Waals surface area contributed by atoms with Gasteiger partial charge in [-0.15, -0.1) is 0 Å². The molecule has 0 aromatic heterocycles. The molecule has 0 amide bonds. The van der Waals surface area contributed by atoms with E-state index in [2.05, 4.69) is 5.32 Å². The van der Waals surface area contributed by atoms with Gasteiger partial charge >= 0.3 is 0 Å². The van der Waals surface area contributed by atoms with Gasteiger partial charge in [-0.2, -0.15) is 0 Å². The Hall–Kier alpha value is -0.640. The highest BCUT2D eigenvalue weighted by Gasteiger charge is 2.09. The third-order valence-corrected chi connectivity index (χ3v) is 2.17. The quantitative estimate of drug-likeness (QED) is 0.784. The van der Waals surface area contributed by atoms with Gasteiger partial charge in [0, 0.05) is 0 Å². The Morgan fingerprint density at radius 3 is 2.77 bits per heavy atom. The van der Waals surface area contributed by atoms with Crippen LogP contribution in [0.15, 0.2) is 18.2 Å². The van der Waals surface area contributed by atoms with Crippen molar-refractivity contribution < 1.29 is 9.50 Å². The molecule has 2 N–H and O–H groups in total. The molecule has 1 atom stereocenters. The Kier molecular flexibility index (Phi) is 3.66. The number of aliphatic hydroxyl groups excluding tert-OH is 1. The fourth-order valence-electron chi connectivity index (χ4n) is 1.09. The van der Waals surface area contributed by atoms with Crippen LogP contribution >= 0.6 is 11.6 Å². The Labute approximate surface area is 81.3 Å². The highest BCUT2D eigenvalue weighted by molar-refractivity contribution is 6.30. The van der Waals surface area contributed by atoms with Crippen LogP contribution in [0.4, 0.5) is 4.39 Å². The number of aliphatic hydroxyl groups is 1. The van der Waals surface area contributed by atoms with Gasteiger partial charge in [0.15, 0.2) is 0 Å². The van der Waals surface area contributed by atoms with E-state index in [1.165, 1.54) is 12.1 Å².